The van der Waals surface area contributed by atoms with Crippen molar-refractivity contribution in [1.29, 1.82) is 0 Å². The first-order valence-corrected chi connectivity index (χ1v) is 14.1. The number of fused-ring (bicyclic) bond motifs is 1. The lowest BCUT2D eigenvalue weighted by Gasteiger charge is -2.33. The smallest absolute Gasteiger partial charge is 0.267 e. The van der Waals surface area contributed by atoms with Crippen LogP contribution in [0.2, 0.25) is 0 Å². The van der Waals surface area contributed by atoms with Crippen LogP contribution >= 0.6 is 15.9 Å². The van der Waals surface area contributed by atoms with Crippen LogP contribution < -0.4 is 19.1 Å². The van der Waals surface area contributed by atoms with E-state index in [1.54, 1.807) is 48.5 Å². The predicted molar refractivity (Wildman–Crippen MR) is 133 cm³/mol. The number of halogens is 1. The molecule has 1 amide bonds. The van der Waals surface area contributed by atoms with E-state index in [0.717, 1.165) is 15.0 Å². The predicted octanol–water partition coefficient (Wildman–Crippen LogP) is 3.42. The molecule has 0 bridgehead atoms. The number of benzene rings is 3. The van der Waals surface area contributed by atoms with Gasteiger partial charge in [0.2, 0.25) is 10.0 Å². The van der Waals surface area contributed by atoms with Gasteiger partial charge in [0.1, 0.15) is 5.75 Å². The van der Waals surface area contributed by atoms with Crippen molar-refractivity contribution in [1.82, 2.24) is 0 Å². The van der Waals surface area contributed by atoms with Gasteiger partial charge in [0.15, 0.2) is 6.10 Å². The number of nitrogens with one attached hydrogen (secondary N) is 2. The Kier molecular flexibility index (Phi) is 6.56. The molecule has 12 heteroatoms. The first-order chi connectivity index (χ1) is 16.0. The van der Waals surface area contributed by atoms with Crippen LogP contribution in [0.15, 0.2) is 82.2 Å². The van der Waals surface area contributed by atoms with Crippen LogP contribution in [0.5, 0.6) is 5.75 Å². The second-order valence-electron chi connectivity index (χ2n) is 7.49. The minimum atomic E-state index is -3.83. The number of nitrogens with zero attached hydrogens (tertiary/aromatic N) is 1. The third-order valence-electron chi connectivity index (χ3n) is 4.96. The first kappa shape index (κ1) is 24.0. The summed E-state index contributed by atoms with van der Waals surface area (Å²) in [4.78, 5) is 12.8. The van der Waals surface area contributed by atoms with Gasteiger partial charge in [0, 0.05) is 15.8 Å². The van der Waals surface area contributed by atoms with E-state index < -0.39 is 32.1 Å². The van der Waals surface area contributed by atoms with Crippen molar-refractivity contribution in [2.24, 2.45) is 0 Å². The Bertz CT molecular complexity index is 1430. The van der Waals surface area contributed by atoms with Crippen LogP contribution in [0.1, 0.15) is 0 Å². The molecule has 0 saturated heterocycles. The molecule has 178 valence electrons. The van der Waals surface area contributed by atoms with E-state index >= 15 is 0 Å². The zero-order valence-electron chi connectivity index (χ0n) is 17.8. The fourth-order valence-corrected chi connectivity index (χ4v) is 5.56. The molecule has 0 fully saturated rings. The summed E-state index contributed by atoms with van der Waals surface area (Å²) in [5.74, 6) is -0.286. The molecule has 3 aromatic carbocycles. The van der Waals surface area contributed by atoms with Crippen molar-refractivity contribution in [3.8, 4) is 5.75 Å². The number of rotatable bonds is 6. The van der Waals surface area contributed by atoms with Gasteiger partial charge in [-0.15, -0.1) is 0 Å². The summed E-state index contributed by atoms with van der Waals surface area (Å²) in [7, 11) is -7.46. The number of anilines is 3. The fraction of sp³-hybridized carbons (Fsp3) is 0.136. The standard InChI is InChI=1S/C22H20BrN3O6S2/c1-33(28,29)26-14-21(32-20-5-3-2-4-19(20)26)22(27)24-16-10-12-18(13-11-16)34(30,31)25-17-8-6-15(23)7-9-17/h2-13,21,25H,14H2,1H3,(H,24,27)/t21-/m0/s1. The number of hydrogen-bond acceptors (Lipinski definition) is 6. The number of para-hydroxylation sites is 2. The van der Waals surface area contributed by atoms with Gasteiger partial charge in [-0.05, 0) is 60.7 Å². The quantitative estimate of drug-likeness (QED) is 0.472. The molecule has 9 nitrogen and oxygen atoms in total. The Morgan fingerprint density at radius 3 is 2.21 bits per heavy atom. The second kappa shape index (κ2) is 9.28. The molecule has 0 unspecified atom stereocenters. The van der Waals surface area contributed by atoms with Crippen LogP contribution in [0.4, 0.5) is 17.1 Å². The van der Waals surface area contributed by atoms with Gasteiger partial charge in [-0.25, -0.2) is 16.8 Å². The lowest BCUT2D eigenvalue weighted by Crippen LogP contribution is -2.48. The highest BCUT2D eigenvalue weighted by molar-refractivity contribution is 9.10. The van der Waals surface area contributed by atoms with Gasteiger partial charge in [0.25, 0.3) is 15.9 Å². The SMILES string of the molecule is CS(=O)(=O)N1C[C@@H](C(=O)Nc2ccc(S(=O)(=O)Nc3ccc(Br)cc3)cc2)Oc2ccccc21. The van der Waals surface area contributed by atoms with Crippen molar-refractivity contribution in [2.45, 2.75) is 11.0 Å². The van der Waals surface area contributed by atoms with E-state index in [1.165, 1.54) is 24.3 Å². The van der Waals surface area contributed by atoms with Crippen molar-refractivity contribution in [3.05, 3.63) is 77.3 Å². The molecule has 0 spiro atoms. The summed E-state index contributed by atoms with van der Waals surface area (Å²) >= 11 is 3.29. The number of sulfonamides is 2. The average Bonchev–Trinajstić information content (AvgIpc) is 2.79. The highest BCUT2D eigenvalue weighted by Gasteiger charge is 2.34. The molecule has 3 aromatic rings. The molecule has 1 aliphatic rings. The summed E-state index contributed by atoms with van der Waals surface area (Å²) in [6, 6.07) is 18.8. The third kappa shape index (κ3) is 5.34. The van der Waals surface area contributed by atoms with Gasteiger partial charge in [-0.2, -0.15) is 0 Å². The van der Waals surface area contributed by atoms with Crippen LogP contribution in [-0.2, 0) is 24.8 Å². The number of carbonyl (C=O) groups excluding carboxylic acids is 1. The lowest BCUT2D eigenvalue weighted by atomic mass is 10.2. The maximum atomic E-state index is 12.8. The van der Waals surface area contributed by atoms with Gasteiger partial charge < -0.3 is 10.1 Å². The van der Waals surface area contributed by atoms with Crippen LogP contribution in [0.3, 0.4) is 0 Å². The van der Waals surface area contributed by atoms with Crippen molar-refractivity contribution >= 4 is 58.9 Å². The van der Waals surface area contributed by atoms with Gasteiger partial charge >= 0.3 is 0 Å². The van der Waals surface area contributed by atoms with Gasteiger partial charge in [-0.3, -0.25) is 13.8 Å². The highest BCUT2D eigenvalue weighted by Crippen LogP contribution is 2.34. The lowest BCUT2D eigenvalue weighted by molar-refractivity contribution is -0.122. The largest absolute Gasteiger partial charge is 0.476 e. The fourth-order valence-electron chi connectivity index (χ4n) is 3.33. The molecule has 1 heterocycles. The van der Waals surface area contributed by atoms with E-state index in [-0.39, 0.29) is 17.2 Å². The minimum Gasteiger partial charge on any atom is -0.476 e. The van der Waals surface area contributed by atoms with Crippen LogP contribution in [-0.4, -0.2) is 41.6 Å². The summed E-state index contributed by atoms with van der Waals surface area (Å²) in [5, 5.41) is 2.64. The molecule has 0 aromatic heterocycles. The Balaban J connectivity index is 1.47. The summed E-state index contributed by atoms with van der Waals surface area (Å²) in [6.45, 7) is -0.189. The topological polar surface area (TPSA) is 122 Å². The molecular weight excluding hydrogens is 546 g/mol. The number of ether oxygens (including phenoxy) is 1. The van der Waals surface area contributed by atoms with E-state index in [4.69, 9.17) is 4.74 Å². The molecule has 2 N–H and O–H groups in total. The molecule has 4 rings (SSSR count). The average molecular weight is 566 g/mol. The summed E-state index contributed by atoms with van der Waals surface area (Å²) in [5.41, 5.74) is 1.11. The van der Waals surface area contributed by atoms with Crippen molar-refractivity contribution < 1.29 is 26.4 Å². The third-order valence-corrected chi connectivity index (χ3v) is 8.03. The Morgan fingerprint density at radius 2 is 1.56 bits per heavy atom. The number of amides is 1. The zero-order valence-corrected chi connectivity index (χ0v) is 21.0. The maximum absolute atomic E-state index is 12.8. The molecule has 0 aliphatic carbocycles. The molecule has 0 radical (unpaired) electrons. The summed E-state index contributed by atoms with van der Waals surface area (Å²) < 4.78 is 59.8. The van der Waals surface area contributed by atoms with E-state index in [2.05, 4.69) is 26.0 Å². The van der Waals surface area contributed by atoms with Crippen LogP contribution in [0.25, 0.3) is 0 Å². The Morgan fingerprint density at radius 1 is 0.941 bits per heavy atom. The van der Waals surface area contributed by atoms with Crippen molar-refractivity contribution in [3.63, 3.8) is 0 Å². The van der Waals surface area contributed by atoms with E-state index in [0.29, 0.717) is 17.1 Å². The molecule has 1 aliphatic heterocycles. The zero-order chi connectivity index (χ0) is 24.5. The maximum Gasteiger partial charge on any atom is 0.267 e. The monoisotopic (exact) mass is 565 g/mol. The second-order valence-corrected chi connectivity index (χ2v) is 12.0. The minimum absolute atomic E-state index is 0.0134. The molecular formula is C22H20BrN3O6S2. The molecule has 0 saturated carbocycles. The van der Waals surface area contributed by atoms with Crippen molar-refractivity contribution in [2.75, 3.05) is 27.1 Å². The first-order valence-electron chi connectivity index (χ1n) is 9.96. The summed E-state index contributed by atoms with van der Waals surface area (Å²) in [6.07, 6.45) is -0.0296. The number of carbonyl (C=O) groups is 1. The normalized spacial score (nSPS) is 15.7. The van der Waals surface area contributed by atoms with Gasteiger partial charge in [0.05, 0.1) is 23.4 Å². The Hall–Kier alpha value is -3.09. The Labute approximate surface area is 206 Å². The van der Waals surface area contributed by atoms with Crippen LogP contribution in [0, 0.1) is 0 Å². The highest BCUT2D eigenvalue weighted by atomic mass is 79.9. The molecule has 34 heavy (non-hydrogen) atoms. The van der Waals surface area contributed by atoms with Gasteiger partial charge in [-0.1, -0.05) is 28.1 Å². The molecule has 1 atom stereocenters. The van der Waals surface area contributed by atoms with E-state index in [1.807, 2.05) is 0 Å². The van der Waals surface area contributed by atoms with E-state index in [9.17, 15) is 21.6 Å². The number of hydrogen-bond donors (Lipinski definition) is 2.